The molecular weight excluding hydrogens is 156 g/mol. The van der Waals surface area contributed by atoms with Gasteiger partial charge in [0.25, 0.3) is 0 Å². The topological polar surface area (TPSA) is 63.4 Å². The summed E-state index contributed by atoms with van der Waals surface area (Å²) in [6, 6.07) is 0. The largest absolute Gasteiger partial charge is 0.369 e. The van der Waals surface area contributed by atoms with Crippen molar-refractivity contribution in [1.29, 1.82) is 0 Å². The Morgan fingerprint density at radius 3 is 2.67 bits per heavy atom. The van der Waals surface area contributed by atoms with E-state index in [0.717, 1.165) is 19.4 Å². The molecule has 1 saturated heterocycles. The van der Waals surface area contributed by atoms with E-state index in [0.29, 0.717) is 6.54 Å². The monoisotopic (exact) mass is 170 g/mol. The SMILES string of the molecule is CC(=O)N1CCC[C@@H](C(N)=O)C1. The third-order valence-electron chi connectivity index (χ3n) is 2.27. The van der Waals surface area contributed by atoms with Crippen molar-refractivity contribution >= 4 is 11.8 Å². The average molecular weight is 170 g/mol. The lowest BCUT2D eigenvalue weighted by Gasteiger charge is -2.30. The molecule has 2 N–H and O–H groups in total. The summed E-state index contributed by atoms with van der Waals surface area (Å²) in [6.45, 7) is 2.78. The number of nitrogens with zero attached hydrogens (tertiary/aromatic N) is 1. The Labute approximate surface area is 71.7 Å². The highest BCUT2D eigenvalue weighted by Crippen LogP contribution is 2.15. The van der Waals surface area contributed by atoms with Gasteiger partial charge in [-0.25, -0.2) is 0 Å². The van der Waals surface area contributed by atoms with Gasteiger partial charge in [0, 0.05) is 20.0 Å². The van der Waals surface area contributed by atoms with Crippen molar-refractivity contribution in [2.45, 2.75) is 19.8 Å². The molecule has 4 nitrogen and oxygen atoms in total. The zero-order valence-corrected chi connectivity index (χ0v) is 7.25. The second kappa shape index (κ2) is 3.56. The summed E-state index contributed by atoms with van der Waals surface area (Å²) in [5.41, 5.74) is 5.15. The van der Waals surface area contributed by atoms with Crippen LogP contribution in [0.3, 0.4) is 0 Å². The van der Waals surface area contributed by atoms with E-state index in [2.05, 4.69) is 0 Å². The van der Waals surface area contributed by atoms with Crippen molar-refractivity contribution in [3.8, 4) is 0 Å². The van der Waals surface area contributed by atoms with Gasteiger partial charge in [-0.3, -0.25) is 9.59 Å². The third kappa shape index (κ3) is 1.96. The summed E-state index contributed by atoms with van der Waals surface area (Å²) in [6.07, 6.45) is 1.70. The summed E-state index contributed by atoms with van der Waals surface area (Å²) < 4.78 is 0. The molecule has 12 heavy (non-hydrogen) atoms. The molecule has 0 aromatic rings. The van der Waals surface area contributed by atoms with Crippen molar-refractivity contribution in [1.82, 2.24) is 4.90 Å². The van der Waals surface area contributed by atoms with Gasteiger partial charge in [-0.05, 0) is 12.8 Å². The minimum atomic E-state index is -0.291. The molecule has 0 saturated carbocycles. The Bertz CT molecular complexity index is 183. The van der Waals surface area contributed by atoms with Crippen LogP contribution in [0.2, 0.25) is 0 Å². The van der Waals surface area contributed by atoms with E-state index < -0.39 is 0 Å². The lowest BCUT2D eigenvalue weighted by atomic mass is 9.97. The predicted octanol–water partition coefficient (Wildman–Crippen LogP) is -0.270. The van der Waals surface area contributed by atoms with Gasteiger partial charge < -0.3 is 10.6 Å². The van der Waals surface area contributed by atoms with Gasteiger partial charge in [-0.2, -0.15) is 0 Å². The molecule has 0 bridgehead atoms. The molecule has 0 unspecified atom stereocenters. The fourth-order valence-electron chi connectivity index (χ4n) is 1.50. The van der Waals surface area contributed by atoms with Crippen LogP contribution in [-0.2, 0) is 9.59 Å². The fraction of sp³-hybridized carbons (Fsp3) is 0.750. The maximum atomic E-state index is 10.9. The number of carbonyl (C=O) groups is 2. The third-order valence-corrected chi connectivity index (χ3v) is 2.27. The van der Waals surface area contributed by atoms with E-state index >= 15 is 0 Å². The highest BCUT2D eigenvalue weighted by Gasteiger charge is 2.24. The summed E-state index contributed by atoms with van der Waals surface area (Å²) in [7, 11) is 0. The van der Waals surface area contributed by atoms with Crippen LogP contribution in [0.25, 0.3) is 0 Å². The smallest absolute Gasteiger partial charge is 0.222 e. The number of carbonyl (C=O) groups excluding carboxylic acids is 2. The molecule has 68 valence electrons. The summed E-state index contributed by atoms with van der Waals surface area (Å²) in [5, 5.41) is 0. The Morgan fingerprint density at radius 1 is 1.50 bits per heavy atom. The maximum absolute atomic E-state index is 10.9. The van der Waals surface area contributed by atoms with Gasteiger partial charge in [-0.1, -0.05) is 0 Å². The molecule has 1 atom stereocenters. The first-order chi connectivity index (χ1) is 5.61. The van der Waals surface area contributed by atoms with Crippen molar-refractivity contribution in [2.75, 3.05) is 13.1 Å². The molecule has 0 aromatic carbocycles. The van der Waals surface area contributed by atoms with Crippen molar-refractivity contribution in [3.05, 3.63) is 0 Å². The minimum Gasteiger partial charge on any atom is -0.369 e. The number of nitrogens with two attached hydrogens (primary N) is 1. The first-order valence-electron chi connectivity index (χ1n) is 4.16. The first kappa shape index (κ1) is 9.03. The van der Waals surface area contributed by atoms with Crippen molar-refractivity contribution in [3.63, 3.8) is 0 Å². The van der Waals surface area contributed by atoms with E-state index in [4.69, 9.17) is 5.73 Å². The molecule has 1 aliphatic rings. The number of primary amides is 1. The Balaban J connectivity index is 2.51. The van der Waals surface area contributed by atoms with Crippen LogP contribution in [0.15, 0.2) is 0 Å². The van der Waals surface area contributed by atoms with Crippen LogP contribution in [-0.4, -0.2) is 29.8 Å². The molecule has 2 amide bonds. The van der Waals surface area contributed by atoms with Crippen LogP contribution in [0.1, 0.15) is 19.8 Å². The van der Waals surface area contributed by atoms with Crippen LogP contribution in [0.5, 0.6) is 0 Å². The quantitative estimate of drug-likeness (QED) is 0.588. The van der Waals surface area contributed by atoms with E-state index in [-0.39, 0.29) is 17.7 Å². The Kier molecular flexibility index (Phi) is 2.68. The molecule has 0 spiro atoms. The molecule has 0 radical (unpaired) electrons. The average Bonchev–Trinajstić information content (AvgIpc) is 2.04. The molecule has 0 aromatic heterocycles. The first-order valence-corrected chi connectivity index (χ1v) is 4.16. The number of hydrogen-bond acceptors (Lipinski definition) is 2. The standard InChI is InChI=1S/C8H14N2O2/c1-6(11)10-4-2-3-7(5-10)8(9)12/h7H,2-5H2,1H3,(H2,9,12)/t7-/m1/s1. The van der Waals surface area contributed by atoms with Crippen LogP contribution >= 0.6 is 0 Å². The van der Waals surface area contributed by atoms with Crippen LogP contribution < -0.4 is 5.73 Å². The maximum Gasteiger partial charge on any atom is 0.222 e. The molecule has 1 aliphatic heterocycles. The zero-order valence-electron chi connectivity index (χ0n) is 7.25. The Morgan fingerprint density at radius 2 is 2.17 bits per heavy atom. The van der Waals surface area contributed by atoms with Crippen molar-refractivity contribution < 1.29 is 9.59 Å². The normalized spacial score (nSPS) is 23.8. The number of likely N-dealkylation sites (tertiary alicyclic amines) is 1. The second-order valence-electron chi connectivity index (χ2n) is 3.21. The summed E-state index contributed by atoms with van der Waals surface area (Å²) in [4.78, 5) is 23.4. The predicted molar refractivity (Wildman–Crippen MR) is 44.2 cm³/mol. The number of piperidine rings is 1. The zero-order chi connectivity index (χ0) is 9.14. The molecule has 1 fully saturated rings. The van der Waals surface area contributed by atoms with Gasteiger partial charge in [-0.15, -0.1) is 0 Å². The highest BCUT2D eigenvalue weighted by molar-refractivity contribution is 5.79. The van der Waals surface area contributed by atoms with E-state index in [1.807, 2.05) is 0 Å². The van der Waals surface area contributed by atoms with Gasteiger partial charge in [0.15, 0.2) is 0 Å². The lowest BCUT2D eigenvalue weighted by molar-refractivity contribution is -0.132. The highest BCUT2D eigenvalue weighted by atomic mass is 16.2. The summed E-state index contributed by atoms with van der Waals surface area (Å²) in [5.74, 6) is -0.399. The summed E-state index contributed by atoms with van der Waals surface area (Å²) >= 11 is 0. The van der Waals surface area contributed by atoms with Crippen LogP contribution in [0.4, 0.5) is 0 Å². The molecule has 1 rings (SSSR count). The van der Waals surface area contributed by atoms with E-state index in [1.165, 1.54) is 6.92 Å². The fourth-order valence-corrected chi connectivity index (χ4v) is 1.50. The van der Waals surface area contributed by atoms with Gasteiger partial charge in [0.05, 0.1) is 5.92 Å². The van der Waals surface area contributed by atoms with E-state index in [9.17, 15) is 9.59 Å². The molecule has 0 aliphatic carbocycles. The molecule has 4 heteroatoms. The number of amides is 2. The second-order valence-corrected chi connectivity index (χ2v) is 3.21. The van der Waals surface area contributed by atoms with Gasteiger partial charge in [0.1, 0.15) is 0 Å². The minimum absolute atomic E-state index is 0.0287. The van der Waals surface area contributed by atoms with Crippen molar-refractivity contribution in [2.24, 2.45) is 11.7 Å². The number of hydrogen-bond donors (Lipinski definition) is 1. The van der Waals surface area contributed by atoms with E-state index in [1.54, 1.807) is 4.90 Å². The molecule has 1 heterocycles. The van der Waals surface area contributed by atoms with Gasteiger partial charge >= 0.3 is 0 Å². The van der Waals surface area contributed by atoms with Crippen LogP contribution in [0, 0.1) is 5.92 Å². The van der Waals surface area contributed by atoms with Gasteiger partial charge in [0.2, 0.25) is 11.8 Å². The molecular formula is C8H14N2O2. The lowest BCUT2D eigenvalue weighted by Crippen LogP contribution is -2.43. The number of rotatable bonds is 1. The Hall–Kier alpha value is -1.06.